The minimum atomic E-state index is -3.38. The quantitative estimate of drug-likeness (QED) is 0.222. The molecule has 0 amide bonds. The van der Waals surface area contributed by atoms with E-state index < -0.39 is 21.5 Å². The molecule has 0 spiro atoms. The van der Waals surface area contributed by atoms with E-state index in [1.165, 1.54) is 15.4 Å². The van der Waals surface area contributed by atoms with Crippen molar-refractivity contribution >= 4 is 61.6 Å². The van der Waals surface area contributed by atoms with E-state index in [4.69, 9.17) is 28.0 Å². The predicted molar refractivity (Wildman–Crippen MR) is 169 cm³/mol. The number of fused-ring (bicyclic) bond motifs is 1. The lowest BCUT2D eigenvalue weighted by Crippen LogP contribution is -2.64. The van der Waals surface area contributed by atoms with Crippen LogP contribution in [-0.2, 0) is 26.8 Å². The van der Waals surface area contributed by atoms with E-state index in [1.807, 2.05) is 18.2 Å². The molecule has 0 radical (unpaired) electrons. The first-order valence-electron chi connectivity index (χ1n) is 13.9. The van der Waals surface area contributed by atoms with Crippen molar-refractivity contribution in [3.8, 4) is 17.3 Å². The fraction of sp³-hybridized carbons (Fsp3) is 0.233. The topological polar surface area (TPSA) is 148 Å². The molecule has 0 saturated carbocycles. The molecule has 0 unspecified atom stereocenters. The number of nitriles is 1. The number of hydrogen-bond acceptors (Lipinski definition) is 9. The van der Waals surface area contributed by atoms with Gasteiger partial charge in [0, 0.05) is 42.1 Å². The summed E-state index contributed by atoms with van der Waals surface area (Å²) in [5.74, 6) is -0.545. The second-order valence-corrected chi connectivity index (χ2v) is 13.6. The maximum Gasteiger partial charge on any atom is 0.337 e. The zero-order valence-corrected chi connectivity index (χ0v) is 26.2. The van der Waals surface area contributed by atoms with E-state index >= 15 is 0 Å². The highest BCUT2D eigenvalue weighted by Gasteiger charge is 2.49. The summed E-state index contributed by atoms with van der Waals surface area (Å²) in [6.07, 6.45) is 6.33. The van der Waals surface area contributed by atoms with E-state index in [9.17, 15) is 18.5 Å². The summed E-state index contributed by atoms with van der Waals surface area (Å²) < 4.78 is 28.9. The third-order valence-corrected chi connectivity index (χ3v) is 10.1. The fourth-order valence-corrected chi connectivity index (χ4v) is 6.99. The van der Waals surface area contributed by atoms with Gasteiger partial charge in [0.15, 0.2) is 5.65 Å². The lowest BCUT2D eigenvalue weighted by Gasteiger charge is -2.47. The lowest BCUT2D eigenvalue weighted by atomic mass is 9.89. The van der Waals surface area contributed by atoms with Crippen molar-refractivity contribution in [3.05, 3.63) is 89.1 Å². The second-order valence-electron chi connectivity index (χ2n) is 10.5. The Morgan fingerprint density at radius 1 is 1.11 bits per heavy atom. The average Bonchev–Trinajstić information content (AvgIpc) is 3.65. The van der Waals surface area contributed by atoms with Crippen LogP contribution in [0.3, 0.4) is 0 Å². The monoisotopic (exact) mass is 664 g/mol. The minimum absolute atomic E-state index is 0.0126. The number of halogens is 2. The van der Waals surface area contributed by atoms with E-state index in [-0.39, 0.29) is 31.7 Å². The Balaban J connectivity index is 1.21. The van der Waals surface area contributed by atoms with Crippen molar-refractivity contribution in [1.82, 2.24) is 28.8 Å². The molecule has 5 aromatic rings. The van der Waals surface area contributed by atoms with Crippen LogP contribution in [0.15, 0.2) is 73.4 Å². The first kappa shape index (κ1) is 30.5. The summed E-state index contributed by atoms with van der Waals surface area (Å²) in [6, 6.07) is 16.3. The van der Waals surface area contributed by atoms with Crippen LogP contribution in [0.25, 0.3) is 22.3 Å². The summed E-state index contributed by atoms with van der Waals surface area (Å²) in [4.78, 5) is 27.5. The van der Waals surface area contributed by atoms with Gasteiger partial charge in [0.25, 0.3) is 0 Å². The number of anilines is 2. The van der Waals surface area contributed by atoms with Crippen LogP contribution in [-0.4, -0.2) is 62.0 Å². The fourth-order valence-electron chi connectivity index (χ4n) is 5.26. The maximum atomic E-state index is 13.1. The number of aromatic nitrogens is 5. The molecule has 1 fully saturated rings. The molecule has 6 rings (SSSR count). The largest absolute Gasteiger partial charge is 0.353 e. The number of sulfonamides is 1. The van der Waals surface area contributed by atoms with Crippen LogP contribution >= 0.6 is 23.2 Å². The zero-order chi connectivity index (χ0) is 31.8. The van der Waals surface area contributed by atoms with Crippen LogP contribution in [0.2, 0.25) is 10.0 Å². The number of carbonyl (C=O) groups is 1. The van der Waals surface area contributed by atoms with Gasteiger partial charge in [-0.15, -0.1) is 0 Å². The van der Waals surface area contributed by atoms with Crippen LogP contribution in [0, 0.1) is 11.3 Å². The van der Waals surface area contributed by atoms with Crippen molar-refractivity contribution < 1.29 is 18.0 Å². The van der Waals surface area contributed by atoms with Crippen LogP contribution in [0.1, 0.15) is 18.9 Å². The molecule has 0 bridgehead atoms. The molecule has 0 aliphatic carbocycles. The van der Waals surface area contributed by atoms with Crippen LogP contribution in [0.4, 0.5) is 11.4 Å². The lowest BCUT2D eigenvalue weighted by molar-refractivity contribution is -0.142. The Bertz CT molecular complexity index is 2050. The van der Waals surface area contributed by atoms with Crippen LogP contribution < -0.4 is 10.2 Å². The first-order valence-corrected chi connectivity index (χ1v) is 16.2. The number of hydrogen-bond donors (Lipinski definition) is 1. The average molecular weight is 666 g/mol. The number of para-hydroxylation sites is 2. The van der Waals surface area contributed by atoms with Gasteiger partial charge < -0.3 is 10.2 Å². The van der Waals surface area contributed by atoms with E-state index in [0.717, 1.165) is 0 Å². The molecule has 45 heavy (non-hydrogen) atoms. The van der Waals surface area contributed by atoms with Gasteiger partial charge in [-0.1, -0.05) is 47.5 Å². The minimum Gasteiger partial charge on any atom is -0.353 e. The second kappa shape index (κ2) is 12.1. The maximum absolute atomic E-state index is 13.1. The summed E-state index contributed by atoms with van der Waals surface area (Å²) in [7, 11) is -3.38. The molecule has 1 saturated heterocycles. The van der Waals surface area contributed by atoms with Crippen molar-refractivity contribution in [3.63, 3.8) is 0 Å². The molecule has 4 heterocycles. The number of benzene rings is 2. The SMILES string of the molecule is CCS(=O)(=O)N1CC(CC#N)(n2cc(-c3ncnc4c3ccn4OC(=O)Cc3ccccc3Nc3c(Cl)cccc3Cl)cn2)C1. The van der Waals surface area contributed by atoms with Crippen molar-refractivity contribution in [2.75, 3.05) is 24.2 Å². The normalized spacial score (nSPS) is 14.5. The van der Waals surface area contributed by atoms with Gasteiger partial charge in [-0.3, -0.25) is 4.68 Å². The van der Waals surface area contributed by atoms with E-state index in [2.05, 4.69) is 26.5 Å². The molecule has 1 aliphatic rings. The number of nitrogens with one attached hydrogen (secondary N) is 1. The standard InChI is InChI=1S/C30H26Cl2N8O4S/c1-2-45(42,43)38-17-30(18-38,11-12-33)40-16-21(15-36-40)27-22-10-13-39(29(22)35-19-34-27)44-26(41)14-20-6-3-4-9-25(20)37-28-23(31)7-5-8-24(28)32/h3-10,13,15-16,19,37H,2,11,14,17-18H2,1H3. The Labute approximate surface area is 268 Å². The van der Waals surface area contributed by atoms with Gasteiger partial charge in [0.1, 0.15) is 11.9 Å². The Kier molecular flexibility index (Phi) is 8.23. The van der Waals surface area contributed by atoms with Gasteiger partial charge in [-0.2, -0.15) is 19.4 Å². The molecule has 3 aromatic heterocycles. The molecular formula is C30H26Cl2N8O4S. The van der Waals surface area contributed by atoms with Gasteiger partial charge >= 0.3 is 5.97 Å². The van der Waals surface area contributed by atoms with Crippen molar-refractivity contribution in [2.24, 2.45) is 0 Å². The Morgan fingerprint density at radius 2 is 1.87 bits per heavy atom. The summed E-state index contributed by atoms with van der Waals surface area (Å²) in [6.45, 7) is 1.91. The number of nitrogens with zero attached hydrogens (tertiary/aromatic N) is 7. The predicted octanol–water partition coefficient (Wildman–Crippen LogP) is 4.82. The molecule has 12 nitrogen and oxygen atoms in total. The zero-order valence-electron chi connectivity index (χ0n) is 23.9. The van der Waals surface area contributed by atoms with Gasteiger partial charge in [-0.25, -0.2) is 23.2 Å². The van der Waals surface area contributed by atoms with Gasteiger partial charge in [-0.05, 0) is 36.8 Å². The third-order valence-electron chi connectivity index (χ3n) is 7.67. The van der Waals surface area contributed by atoms with Gasteiger partial charge in [0.2, 0.25) is 10.0 Å². The number of rotatable bonds is 10. The molecule has 15 heteroatoms. The Morgan fingerprint density at radius 3 is 2.60 bits per heavy atom. The molecular weight excluding hydrogens is 639 g/mol. The van der Waals surface area contributed by atoms with E-state index in [0.29, 0.717) is 49.3 Å². The Hall–Kier alpha value is -4.48. The highest BCUT2D eigenvalue weighted by Crippen LogP contribution is 2.36. The van der Waals surface area contributed by atoms with Crippen LogP contribution in [0.5, 0.6) is 0 Å². The van der Waals surface area contributed by atoms with E-state index in [1.54, 1.807) is 60.5 Å². The molecule has 1 aliphatic heterocycles. The molecule has 2 aromatic carbocycles. The summed E-state index contributed by atoms with van der Waals surface area (Å²) in [5.41, 5.74) is 2.63. The molecule has 0 atom stereocenters. The molecule has 1 N–H and O–H groups in total. The van der Waals surface area contributed by atoms with Crippen molar-refractivity contribution in [1.29, 1.82) is 5.26 Å². The smallest absolute Gasteiger partial charge is 0.337 e. The number of carbonyl (C=O) groups excluding carboxylic acids is 1. The third kappa shape index (κ3) is 5.85. The highest BCUT2D eigenvalue weighted by molar-refractivity contribution is 7.89. The first-order chi connectivity index (χ1) is 21.6. The van der Waals surface area contributed by atoms with Gasteiger partial charge in [0.05, 0.1) is 52.3 Å². The summed E-state index contributed by atoms with van der Waals surface area (Å²) in [5, 5.41) is 18.7. The molecule has 230 valence electrons. The highest BCUT2D eigenvalue weighted by atomic mass is 35.5. The summed E-state index contributed by atoms with van der Waals surface area (Å²) >= 11 is 12.6. The van der Waals surface area contributed by atoms with Crippen molar-refractivity contribution in [2.45, 2.75) is 25.3 Å².